The van der Waals surface area contributed by atoms with Crippen LogP contribution in [0.15, 0.2) is 41.3 Å². The van der Waals surface area contributed by atoms with Crippen LogP contribution in [0.3, 0.4) is 0 Å². The Labute approximate surface area is 163 Å². The van der Waals surface area contributed by atoms with Gasteiger partial charge in [-0.25, -0.2) is 4.68 Å². The molecule has 0 bridgehead atoms. The van der Waals surface area contributed by atoms with Crippen molar-refractivity contribution in [3.05, 3.63) is 53.9 Å². The zero-order valence-electron chi connectivity index (χ0n) is 15.5. The highest BCUT2D eigenvalue weighted by molar-refractivity contribution is 5.93. The lowest BCUT2D eigenvalue weighted by Crippen LogP contribution is -2.35. The van der Waals surface area contributed by atoms with Crippen LogP contribution < -0.4 is 10.6 Å². The fraction of sp³-hybridized carbons (Fsp3) is 0.389. The van der Waals surface area contributed by atoms with E-state index in [-0.39, 0.29) is 24.5 Å². The third-order valence-corrected chi connectivity index (χ3v) is 4.77. The number of nitrogens with zero attached hydrogens (tertiary/aromatic N) is 4. The lowest BCUT2D eigenvalue weighted by Gasteiger charge is -2.32. The predicted octanol–water partition coefficient (Wildman–Crippen LogP) is 3.28. The Morgan fingerprint density at radius 1 is 1.45 bits per heavy atom. The number of fused-ring (bicyclic) bond motifs is 1. The van der Waals surface area contributed by atoms with Gasteiger partial charge in [0.15, 0.2) is 11.7 Å². The van der Waals surface area contributed by atoms with Gasteiger partial charge in [-0.3, -0.25) is 9.48 Å². The minimum absolute atomic E-state index is 0.0928. The van der Waals surface area contributed by atoms with Gasteiger partial charge in [0.1, 0.15) is 11.6 Å². The van der Waals surface area contributed by atoms with Gasteiger partial charge in [-0.1, -0.05) is 0 Å². The minimum atomic E-state index is -4.52. The summed E-state index contributed by atoms with van der Waals surface area (Å²) >= 11 is 0. The molecule has 0 unspecified atom stereocenters. The van der Waals surface area contributed by atoms with Crippen LogP contribution in [0.25, 0.3) is 0 Å². The maximum Gasteiger partial charge on any atom is 0.410 e. The molecule has 0 radical (unpaired) electrons. The lowest BCUT2D eigenvalue weighted by molar-refractivity contribution is -0.174. The topological polar surface area (TPSA) is 89.9 Å². The maximum atomic E-state index is 13.6. The zero-order valence-corrected chi connectivity index (χ0v) is 15.5. The van der Waals surface area contributed by atoms with Crippen molar-refractivity contribution in [1.82, 2.24) is 24.9 Å². The second kappa shape index (κ2) is 7.30. The van der Waals surface area contributed by atoms with E-state index in [2.05, 4.69) is 20.8 Å². The molecule has 29 heavy (non-hydrogen) atoms. The highest BCUT2D eigenvalue weighted by Crippen LogP contribution is 2.43. The summed E-state index contributed by atoms with van der Waals surface area (Å²) in [5, 5.41) is 13.7. The monoisotopic (exact) mass is 408 g/mol. The fourth-order valence-electron chi connectivity index (χ4n) is 3.30. The van der Waals surface area contributed by atoms with Gasteiger partial charge in [0.2, 0.25) is 0 Å². The Morgan fingerprint density at radius 3 is 2.93 bits per heavy atom. The number of nitrogens with one attached hydrogen (secondary N) is 2. The average Bonchev–Trinajstić information content (AvgIpc) is 3.44. The van der Waals surface area contributed by atoms with Crippen molar-refractivity contribution >= 4 is 11.7 Å². The second-order valence-corrected chi connectivity index (χ2v) is 6.75. The molecule has 2 atom stereocenters. The first-order valence-corrected chi connectivity index (χ1v) is 9.11. The number of hydrogen-bond acceptors (Lipinski definition) is 5. The summed E-state index contributed by atoms with van der Waals surface area (Å²) in [5.74, 6) is -0.0528. The third kappa shape index (κ3) is 3.84. The molecule has 4 rings (SSSR count). The molecule has 8 nitrogen and oxygen atoms in total. The first-order chi connectivity index (χ1) is 13.8. The van der Waals surface area contributed by atoms with Gasteiger partial charge >= 0.3 is 6.18 Å². The number of furan rings is 1. The summed E-state index contributed by atoms with van der Waals surface area (Å²) in [6.07, 6.45) is 0.00899. The van der Waals surface area contributed by atoms with Crippen molar-refractivity contribution in [3.8, 4) is 0 Å². The number of alkyl halides is 3. The molecule has 154 valence electrons. The highest BCUT2D eigenvalue weighted by atomic mass is 19.4. The third-order valence-electron chi connectivity index (χ3n) is 4.77. The number of rotatable bonds is 5. The number of carbonyl (C=O) groups is 1. The van der Waals surface area contributed by atoms with Gasteiger partial charge < -0.3 is 15.1 Å². The fourth-order valence-corrected chi connectivity index (χ4v) is 3.30. The molecule has 1 aliphatic heterocycles. The Bertz CT molecular complexity index is 992. The van der Waals surface area contributed by atoms with E-state index in [4.69, 9.17) is 4.42 Å². The van der Waals surface area contributed by atoms with Crippen LogP contribution in [-0.2, 0) is 13.1 Å². The van der Waals surface area contributed by atoms with Gasteiger partial charge in [0.25, 0.3) is 5.91 Å². The van der Waals surface area contributed by atoms with Crippen molar-refractivity contribution in [2.75, 3.05) is 5.32 Å². The van der Waals surface area contributed by atoms with Crippen LogP contribution in [0.2, 0.25) is 0 Å². The van der Waals surface area contributed by atoms with E-state index < -0.39 is 24.2 Å². The summed E-state index contributed by atoms with van der Waals surface area (Å²) < 4.78 is 48.7. The van der Waals surface area contributed by atoms with Crippen LogP contribution >= 0.6 is 0 Å². The normalized spacial score (nSPS) is 18.9. The van der Waals surface area contributed by atoms with Crippen LogP contribution in [0.4, 0.5) is 19.0 Å². The van der Waals surface area contributed by atoms with Crippen LogP contribution in [-0.4, -0.2) is 31.6 Å². The molecule has 0 saturated carbocycles. The van der Waals surface area contributed by atoms with E-state index >= 15 is 0 Å². The molecule has 11 heteroatoms. The SMILES string of the molecule is CCn1cc(CNC(=O)c2cc3n(n2)[C@@H](C(F)(F)F)C[C@H](c2ccco2)N3)cn1. The molecule has 3 aromatic heterocycles. The van der Waals surface area contributed by atoms with E-state index in [1.807, 2.05) is 6.92 Å². The van der Waals surface area contributed by atoms with Crippen LogP contribution in [0.5, 0.6) is 0 Å². The predicted molar refractivity (Wildman–Crippen MR) is 96.1 cm³/mol. The van der Waals surface area contributed by atoms with Crippen molar-refractivity contribution in [3.63, 3.8) is 0 Å². The number of anilines is 1. The van der Waals surface area contributed by atoms with E-state index in [1.54, 1.807) is 29.2 Å². The Balaban J connectivity index is 1.54. The Hall–Kier alpha value is -3.24. The molecule has 1 amide bonds. The number of carbonyl (C=O) groups excluding carboxylic acids is 1. The lowest BCUT2D eigenvalue weighted by atomic mass is 10.0. The summed E-state index contributed by atoms with van der Waals surface area (Å²) in [4.78, 5) is 12.4. The maximum absolute atomic E-state index is 13.6. The zero-order chi connectivity index (χ0) is 20.6. The van der Waals surface area contributed by atoms with Crippen molar-refractivity contribution < 1.29 is 22.4 Å². The molecular weight excluding hydrogens is 389 g/mol. The van der Waals surface area contributed by atoms with E-state index in [1.165, 1.54) is 12.3 Å². The summed E-state index contributed by atoms with van der Waals surface area (Å²) in [6.45, 7) is 2.83. The molecule has 4 heterocycles. The van der Waals surface area contributed by atoms with Crippen molar-refractivity contribution in [2.24, 2.45) is 0 Å². The van der Waals surface area contributed by atoms with Gasteiger partial charge in [0, 0.05) is 37.3 Å². The molecule has 0 aromatic carbocycles. The van der Waals surface area contributed by atoms with Gasteiger partial charge in [0.05, 0.1) is 18.5 Å². The molecule has 0 saturated heterocycles. The van der Waals surface area contributed by atoms with Gasteiger partial charge in [-0.15, -0.1) is 0 Å². The Kier molecular flexibility index (Phi) is 4.81. The number of aromatic nitrogens is 4. The molecule has 0 fully saturated rings. The molecule has 0 aliphatic carbocycles. The summed E-state index contributed by atoms with van der Waals surface area (Å²) in [7, 11) is 0. The average molecular weight is 408 g/mol. The molecule has 0 spiro atoms. The van der Waals surface area contributed by atoms with Crippen LogP contribution in [0, 0.1) is 0 Å². The largest absolute Gasteiger partial charge is 0.467 e. The van der Waals surface area contributed by atoms with E-state index in [9.17, 15) is 18.0 Å². The van der Waals surface area contributed by atoms with E-state index in [0.29, 0.717) is 12.3 Å². The molecule has 1 aliphatic rings. The molecular formula is C18H19F3N6O2. The number of hydrogen-bond donors (Lipinski definition) is 2. The van der Waals surface area contributed by atoms with Crippen LogP contribution in [0.1, 0.15) is 47.2 Å². The smallest absolute Gasteiger partial charge is 0.410 e. The van der Waals surface area contributed by atoms with Crippen molar-refractivity contribution in [1.29, 1.82) is 0 Å². The van der Waals surface area contributed by atoms with Gasteiger partial charge in [-0.05, 0) is 19.1 Å². The number of amides is 1. The summed E-state index contributed by atoms with van der Waals surface area (Å²) in [6, 6.07) is 2.01. The summed E-state index contributed by atoms with van der Waals surface area (Å²) in [5.41, 5.74) is 0.693. The molecule has 3 aromatic rings. The highest BCUT2D eigenvalue weighted by Gasteiger charge is 2.47. The quantitative estimate of drug-likeness (QED) is 0.676. The number of aryl methyl sites for hydroxylation is 1. The van der Waals surface area contributed by atoms with Crippen molar-refractivity contribution in [2.45, 2.75) is 44.7 Å². The minimum Gasteiger partial charge on any atom is -0.467 e. The second-order valence-electron chi connectivity index (χ2n) is 6.75. The first kappa shape index (κ1) is 19.1. The standard InChI is InChI=1S/C18H19F3N6O2/c1-2-26-10-11(9-23-26)8-22-17(28)13-7-16-24-12(14-4-3-5-29-14)6-15(18(19,20)21)27(16)25-13/h3-5,7,9-10,12,15,24H,2,6,8H2,1H3,(H,22,28)/t12-,15-/m1/s1. The molecule has 2 N–H and O–H groups in total. The Morgan fingerprint density at radius 2 is 2.28 bits per heavy atom. The van der Waals surface area contributed by atoms with E-state index in [0.717, 1.165) is 10.2 Å². The number of halogens is 3. The van der Waals surface area contributed by atoms with Gasteiger partial charge in [-0.2, -0.15) is 23.4 Å². The first-order valence-electron chi connectivity index (χ1n) is 9.11.